The highest BCUT2D eigenvalue weighted by Gasteiger charge is 2.61. The maximum Gasteiger partial charge on any atom is 0.310 e. The number of allylic oxidation sites excluding steroid dienone is 1. The molecule has 0 aliphatic heterocycles. The number of carbonyl (C=O) groups excluding carboxylic acids is 1. The van der Waals surface area contributed by atoms with Crippen LogP contribution in [-0.4, -0.2) is 5.97 Å². The van der Waals surface area contributed by atoms with Crippen LogP contribution in [0.5, 0.6) is 0 Å². The van der Waals surface area contributed by atoms with E-state index in [4.69, 9.17) is 4.74 Å². The van der Waals surface area contributed by atoms with Crippen molar-refractivity contribution in [3.8, 4) is 0 Å². The molecule has 1 fully saturated rings. The summed E-state index contributed by atoms with van der Waals surface area (Å²) in [6.07, 6.45) is 1.85. The molecule has 0 spiro atoms. The van der Waals surface area contributed by atoms with Gasteiger partial charge in [-0.25, -0.2) is 13.2 Å². The van der Waals surface area contributed by atoms with Gasteiger partial charge >= 0.3 is 5.97 Å². The molecule has 0 aromatic heterocycles. The SMILES string of the molecule is Cc1c(F)c(C)c(COC(=O)[C@@H]2[C@H](C=C(Br)Br)C2(C)C)c(F)c1F. The van der Waals surface area contributed by atoms with Crippen molar-refractivity contribution in [3.63, 3.8) is 0 Å². The number of halogens is 5. The Morgan fingerprint density at radius 1 is 1.12 bits per heavy atom. The molecule has 2 nitrogen and oxygen atoms in total. The summed E-state index contributed by atoms with van der Waals surface area (Å²) >= 11 is 6.51. The molecular formula is C17H17Br2F3O2. The Morgan fingerprint density at radius 3 is 2.25 bits per heavy atom. The monoisotopic (exact) mass is 468 g/mol. The molecule has 24 heavy (non-hydrogen) atoms. The maximum atomic E-state index is 14.0. The zero-order valence-corrected chi connectivity index (χ0v) is 16.8. The van der Waals surface area contributed by atoms with E-state index in [-0.39, 0.29) is 33.9 Å². The topological polar surface area (TPSA) is 26.3 Å². The Hall–Kier alpha value is -0.820. The van der Waals surface area contributed by atoms with E-state index in [1.807, 2.05) is 19.9 Å². The predicted molar refractivity (Wildman–Crippen MR) is 92.3 cm³/mol. The lowest BCUT2D eigenvalue weighted by Gasteiger charge is -2.13. The largest absolute Gasteiger partial charge is 0.460 e. The highest BCUT2D eigenvalue weighted by atomic mass is 79.9. The van der Waals surface area contributed by atoms with Gasteiger partial charge in [0, 0.05) is 11.1 Å². The molecule has 1 aliphatic carbocycles. The fourth-order valence-corrected chi connectivity index (χ4v) is 3.52. The number of ether oxygens (including phenoxy) is 1. The Kier molecular flexibility index (Phi) is 5.55. The lowest BCUT2D eigenvalue weighted by molar-refractivity contribution is -0.147. The third-order valence-electron chi connectivity index (χ3n) is 4.73. The normalized spacial score (nSPS) is 21.4. The van der Waals surface area contributed by atoms with Gasteiger partial charge in [0.05, 0.1) is 9.31 Å². The van der Waals surface area contributed by atoms with Gasteiger partial charge in [-0.1, -0.05) is 19.9 Å². The molecular weight excluding hydrogens is 453 g/mol. The summed E-state index contributed by atoms with van der Waals surface area (Å²) in [5.41, 5.74) is -0.984. The molecule has 0 N–H and O–H groups in total. The van der Waals surface area contributed by atoms with Crippen LogP contribution in [0.4, 0.5) is 13.2 Å². The fraction of sp³-hybridized carbons (Fsp3) is 0.471. The first-order valence-electron chi connectivity index (χ1n) is 7.32. The second-order valence-corrected chi connectivity index (χ2v) is 9.33. The Labute approximate surface area is 155 Å². The number of benzene rings is 1. The van der Waals surface area contributed by atoms with Crippen LogP contribution in [0.3, 0.4) is 0 Å². The van der Waals surface area contributed by atoms with Crippen molar-refractivity contribution in [1.82, 2.24) is 0 Å². The van der Waals surface area contributed by atoms with E-state index >= 15 is 0 Å². The van der Waals surface area contributed by atoms with Gasteiger partial charge < -0.3 is 4.74 Å². The van der Waals surface area contributed by atoms with Crippen molar-refractivity contribution in [2.24, 2.45) is 17.3 Å². The highest BCUT2D eigenvalue weighted by molar-refractivity contribution is 9.28. The van der Waals surface area contributed by atoms with Crippen molar-refractivity contribution >= 4 is 37.8 Å². The first-order chi connectivity index (χ1) is 11.0. The van der Waals surface area contributed by atoms with Crippen LogP contribution in [0, 0.1) is 48.5 Å². The first-order valence-corrected chi connectivity index (χ1v) is 8.90. The summed E-state index contributed by atoms with van der Waals surface area (Å²) in [6.45, 7) is 5.84. The Bertz CT molecular complexity index is 696. The van der Waals surface area contributed by atoms with Gasteiger partial charge in [0.15, 0.2) is 11.6 Å². The summed E-state index contributed by atoms with van der Waals surface area (Å²) in [5.74, 6) is -4.17. The van der Waals surface area contributed by atoms with Crippen molar-refractivity contribution in [1.29, 1.82) is 0 Å². The molecule has 0 amide bonds. The van der Waals surface area contributed by atoms with E-state index in [1.165, 1.54) is 13.8 Å². The molecule has 1 saturated carbocycles. The van der Waals surface area contributed by atoms with E-state index in [1.54, 1.807) is 0 Å². The summed E-state index contributed by atoms with van der Waals surface area (Å²) in [6, 6.07) is 0. The van der Waals surface area contributed by atoms with Crippen molar-refractivity contribution in [2.45, 2.75) is 34.3 Å². The third kappa shape index (κ3) is 3.43. The summed E-state index contributed by atoms with van der Waals surface area (Å²) in [5, 5.41) is 0. The van der Waals surface area contributed by atoms with Gasteiger partial charge in [-0.2, -0.15) is 0 Å². The quantitative estimate of drug-likeness (QED) is 0.419. The first kappa shape index (κ1) is 19.5. The van der Waals surface area contributed by atoms with Gasteiger partial charge in [-0.3, -0.25) is 4.79 Å². The number of rotatable bonds is 4. The zero-order chi connectivity index (χ0) is 18.4. The Balaban J connectivity index is 2.16. The maximum absolute atomic E-state index is 14.0. The average Bonchev–Trinajstić information content (AvgIpc) is 3.02. The van der Waals surface area contributed by atoms with Crippen molar-refractivity contribution in [2.75, 3.05) is 0 Å². The van der Waals surface area contributed by atoms with E-state index in [2.05, 4.69) is 31.9 Å². The molecule has 0 heterocycles. The van der Waals surface area contributed by atoms with Gasteiger partial charge in [0.25, 0.3) is 0 Å². The molecule has 0 bridgehead atoms. The Morgan fingerprint density at radius 2 is 1.71 bits per heavy atom. The molecule has 0 unspecified atom stereocenters. The second kappa shape index (κ2) is 6.83. The molecule has 0 radical (unpaired) electrons. The molecule has 1 aromatic carbocycles. The fourth-order valence-electron chi connectivity index (χ4n) is 2.95. The predicted octanol–water partition coefficient (Wildman–Crippen LogP) is 5.67. The van der Waals surface area contributed by atoms with Gasteiger partial charge in [-0.05, 0) is 62.6 Å². The van der Waals surface area contributed by atoms with E-state index < -0.39 is 30.0 Å². The molecule has 132 valence electrons. The minimum atomic E-state index is -1.25. The van der Waals surface area contributed by atoms with Crippen molar-refractivity contribution < 1.29 is 22.7 Å². The smallest absolute Gasteiger partial charge is 0.310 e. The van der Waals surface area contributed by atoms with Crippen LogP contribution in [0.15, 0.2) is 9.47 Å². The third-order valence-corrected chi connectivity index (χ3v) is 5.26. The molecule has 1 aromatic rings. The van der Waals surface area contributed by atoms with E-state index in [0.717, 1.165) is 3.39 Å². The van der Waals surface area contributed by atoms with Crippen LogP contribution in [-0.2, 0) is 16.1 Å². The molecule has 7 heteroatoms. The number of esters is 1. The van der Waals surface area contributed by atoms with Crippen molar-refractivity contribution in [3.05, 3.63) is 43.6 Å². The average molecular weight is 470 g/mol. The standard InChI is InChI=1S/C17H17Br2F3O2/c1-7-9(15(22)14(21)8(2)13(7)20)6-24-16(23)12-10(5-11(18)19)17(12,3)4/h5,10,12H,6H2,1-4H3/t10-,12-/m0/s1. The molecule has 2 atom stereocenters. The zero-order valence-electron chi connectivity index (χ0n) is 13.6. The summed E-state index contributed by atoms with van der Waals surface area (Å²) in [7, 11) is 0. The lowest BCUT2D eigenvalue weighted by Crippen LogP contribution is -2.13. The molecule has 0 saturated heterocycles. The number of carbonyl (C=O) groups is 1. The van der Waals surface area contributed by atoms with E-state index in [9.17, 15) is 18.0 Å². The molecule has 1 aliphatic rings. The van der Waals surface area contributed by atoms with Crippen LogP contribution >= 0.6 is 31.9 Å². The molecule has 2 rings (SSSR count). The van der Waals surface area contributed by atoms with Crippen LogP contribution in [0.2, 0.25) is 0 Å². The van der Waals surface area contributed by atoms with Gasteiger partial charge in [0.2, 0.25) is 0 Å². The van der Waals surface area contributed by atoms with Crippen LogP contribution in [0.1, 0.15) is 30.5 Å². The minimum absolute atomic E-state index is 0.0313. The lowest BCUT2D eigenvalue weighted by atomic mass is 10.0. The van der Waals surface area contributed by atoms with Crippen LogP contribution < -0.4 is 0 Å². The number of hydrogen-bond donors (Lipinski definition) is 0. The summed E-state index contributed by atoms with van der Waals surface area (Å²) in [4.78, 5) is 12.3. The second-order valence-electron chi connectivity index (χ2n) is 6.56. The summed E-state index contributed by atoms with van der Waals surface area (Å²) < 4.78 is 47.5. The highest BCUT2D eigenvalue weighted by Crippen LogP contribution is 2.60. The van der Waals surface area contributed by atoms with Crippen LogP contribution in [0.25, 0.3) is 0 Å². The van der Waals surface area contributed by atoms with E-state index in [0.29, 0.717) is 0 Å². The van der Waals surface area contributed by atoms with Gasteiger partial charge in [-0.15, -0.1) is 0 Å². The minimum Gasteiger partial charge on any atom is -0.460 e. The number of hydrogen-bond acceptors (Lipinski definition) is 2. The van der Waals surface area contributed by atoms with Gasteiger partial charge in [0.1, 0.15) is 12.4 Å².